The van der Waals surface area contributed by atoms with E-state index in [4.69, 9.17) is 0 Å². The highest BCUT2D eigenvalue weighted by Crippen LogP contribution is 2.26. The Balaban J connectivity index is 1.81. The molecule has 4 aromatic rings. The third kappa shape index (κ3) is 9.05. The van der Waals surface area contributed by atoms with Crippen molar-refractivity contribution < 1.29 is 18.0 Å². The number of aryl methyl sites for hydroxylation is 3. The molecule has 4 aromatic carbocycles. The van der Waals surface area contributed by atoms with Gasteiger partial charge in [0.05, 0.1) is 10.6 Å². The van der Waals surface area contributed by atoms with Gasteiger partial charge in [0.15, 0.2) is 0 Å². The number of sulfonamides is 1. The van der Waals surface area contributed by atoms with Gasteiger partial charge in [0, 0.05) is 18.5 Å². The summed E-state index contributed by atoms with van der Waals surface area (Å²) < 4.78 is 29.5. The van der Waals surface area contributed by atoms with Crippen LogP contribution in [0.5, 0.6) is 0 Å². The standard InChI is InChI=1S/C37H43N3O4S/c1-27-15-19-31(20-16-27)25-39(34(36(42)38-37(4,5)6)24-30-12-8-7-9-13-30)35(41)26-40(32-14-10-11-29(3)23-32)45(43,44)33-21-17-28(2)18-22-33/h7-23,34H,24-26H2,1-6H3,(H,38,42)/t34-/m0/s1. The highest BCUT2D eigenvalue weighted by molar-refractivity contribution is 7.92. The molecule has 0 spiro atoms. The summed E-state index contributed by atoms with van der Waals surface area (Å²) in [4.78, 5) is 30.1. The van der Waals surface area contributed by atoms with Gasteiger partial charge in [-0.1, -0.05) is 90.0 Å². The molecule has 236 valence electrons. The van der Waals surface area contributed by atoms with Crippen LogP contribution in [0.1, 0.15) is 48.6 Å². The summed E-state index contributed by atoms with van der Waals surface area (Å²) in [7, 11) is -4.14. The van der Waals surface area contributed by atoms with Crippen LogP contribution in [0.4, 0.5) is 5.69 Å². The first-order chi connectivity index (χ1) is 21.2. The molecule has 0 fully saturated rings. The molecular weight excluding hydrogens is 582 g/mol. The van der Waals surface area contributed by atoms with Crippen LogP contribution in [-0.2, 0) is 32.6 Å². The molecular formula is C37H43N3O4S. The lowest BCUT2D eigenvalue weighted by Crippen LogP contribution is -2.56. The Labute approximate surface area is 268 Å². The van der Waals surface area contributed by atoms with E-state index in [1.807, 2.05) is 102 Å². The fraction of sp³-hybridized carbons (Fsp3) is 0.297. The number of nitrogens with zero attached hydrogens (tertiary/aromatic N) is 2. The first kappa shape index (κ1) is 33.5. The van der Waals surface area contributed by atoms with Crippen molar-refractivity contribution in [2.24, 2.45) is 0 Å². The Morgan fingerprint density at radius 3 is 1.91 bits per heavy atom. The number of rotatable bonds is 11. The zero-order valence-electron chi connectivity index (χ0n) is 26.9. The third-order valence-electron chi connectivity index (χ3n) is 7.42. The Hall–Kier alpha value is -4.43. The molecule has 0 aliphatic carbocycles. The van der Waals surface area contributed by atoms with Crippen molar-refractivity contribution in [2.75, 3.05) is 10.8 Å². The molecule has 7 nitrogen and oxygen atoms in total. The number of carbonyl (C=O) groups is 2. The summed E-state index contributed by atoms with van der Waals surface area (Å²) in [5, 5.41) is 3.06. The molecule has 0 aromatic heterocycles. The maximum absolute atomic E-state index is 14.6. The van der Waals surface area contributed by atoms with Gasteiger partial charge >= 0.3 is 0 Å². The second-order valence-corrected chi connectivity index (χ2v) is 14.5. The van der Waals surface area contributed by atoms with E-state index in [1.165, 1.54) is 4.90 Å². The van der Waals surface area contributed by atoms with Gasteiger partial charge in [-0.05, 0) is 82.5 Å². The summed E-state index contributed by atoms with van der Waals surface area (Å²) in [5.41, 5.74) is 4.38. The molecule has 0 radical (unpaired) electrons. The molecule has 0 aliphatic heterocycles. The minimum atomic E-state index is -4.14. The van der Waals surface area contributed by atoms with Gasteiger partial charge in [0.2, 0.25) is 11.8 Å². The lowest BCUT2D eigenvalue weighted by atomic mass is 10.0. The fourth-order valence-corrected chi connectivity index (χ4v) is 6.45. The van der Waals surface area contributed by atoms with Gasteiger partial charge in [-0.15, -0.1) is 0 Å². The number of amides is 2. The summed E-state index contributed by atoms with van der Waals surface area (Å²) >= 11 is 0. The van der Waals surface area contributed by atoms with E-state index in [2.05, 4.69) is 5.32 Å². The van der Waals surface area contributed by atoms with Crippen molar-refractivity contribution in [3.8, 4) is 0 Å². The summed E-state index contributed by atoms with van der Waals surface area (Å²) in [6.07, 6.45) is 0.259. The van der Waals surface area contributed by atoms with Crippen LogP contribution in [-0.4, -0.2) is 43.3 Å². The molecule has 1 atom stereocenters. The zero-order chi connectivity index (χ0) is 32.8. The van der Waals surface area contributed by atoms with E-state index in [0.717, 1.165) is 32.1 Å². The number of hydrogen-bond acceptors (Lipinski definition) is 4. The number of anilines is 1. The first-order valence-corrected chi connectivity index (χ1v) is 16.5. The smallest absolute Gasteiger partial charge is 0.264 e. The normalized spacial score (nSPS) is 12.3. The van der Waals surface area contributed by atoms with Crippen molar-refractivity contribution in [3.05, 3.63) is 131 Å². The molecule has 2 amide bonds. The van der Waals surface area contributed by atoms with Crippen molar-refractivity contribution in [1.29, 1.82) is 0 Å². The lowest BCUT2D eigenvalue weighted by molar-refractivity contribution is -0.140. The Bertz CT molecular complexity index is 1710. The van der Waals surface area contributed by atoms with Crippen LogP contribution in [0.25, 0.3) is 0 Å². The van der Waals surface area contributed by atoms with Crippen LogP contribution in [0.3, 0.4) is 0 Å². The monoisotopic (exact) mass is 625 g/mol. The molecule has 4 rings (SSSR count). The number of hydrogen-bond donors (Lipinski definition) is 1. The Kier molecular flexibility index (Phi) is 10.5. The van der Waals surface area contributed by atoms with Crippen LogP contribution in [0.2, 0.25) is 0 Å². The predicted molar refractivity (Wildman–Crippen MR) is 180 cm³/mol. The number of benzene rings is 4. The summed E-state index contributed by atoms with van der Waals surface area (Å²) in [6, 6.07) is 30.1. The maximum Gasteiger partial charge on any atom is 0.264 e. The number of carbonyl (C=O) groups excluding carboxylic acids is 2. The minimum absolute atomic E-state index is 0.0822. The molecule has 0 saturated heterocycles. The maximum atomic E-state index is 14.6. The molecule has 0 aliphatic rings. The van der Waals surface area contributed by atoms with Crippen LogP contribution in [0, 0.1) is 20.8 Å². The third-order valence-corrected chi connectivity index (χ3v) is 9.21. The van der Waals surface area contributed by atoms with Crippen LogP contribution < -0.4 is 9.62 Å². The van der Waals surface area contributed by atoms with Gasteiger partial charge < -0.3 is 10.2 Å². The van der Waals surface area contributed by atoms with E-state index in [1.54, 1.807) is 42.5 Å². The largest absolute Gasteiger partial charge is 0.350 e. The van der Waals surface area contributed by atoms with Crippen molar-refractivity contribution in [2.45, 2.75) is 71.0 Å². The topological polar surface area (TPSA) is 86.8 Å². The van der Waals surface area contributed by atoms with Gasteiger partial charge in [-0.25, -0.2) is 8.42 Å². The van der Waals surface area contributed by atoms with Gasteiger partial charge in [0.1, 0.15) is 12.6 Å². The van der Waals surface area contributed by atoms with E-state index in [0.29, 0.717) is 5.69 Å². The zero-order valence-corrected chi connectivity index (χ0v) is 27.8. The average molecular weight is 626 g/mol. The number of nitrogens with one attached hydrogen (secondary N) is 1. The molecule has 0 bridgehead atoms. The predicted octanol–water partition coefficient (Wildman–Crippen LogP) is 6.36. The quantitative estimate of drug-likeness (QED) is 0.210. The molecule has 0 saturated carbocycles. The summed E-state index contributed by atoms with van der Waals surface area (Å²) in [5.74, 6) is -0.798. The Morgan fingerprint density at radius 2 is 1.33 bits per heavy atom. The van der Waals surface area contributed by atoms with Crippen molar-refractivity contribution >= 4 is 27.5 Å². The van der Waals surface area contributed by atoms with E-state index >= 15 is 0 Å². The summed E-state index contributed by atoms with van der Waals surface area (Å²) in [6.45, 7) is 11.1. The SMILES string of the molecule is Cc1ccc(CN(C(=O)CN(c2cccc(C)c2)S(=O)(=O)c2ccc(C)cc2)[C@@H](Cc2ccccc2)C(=O)NC(C)(C)C)cc1. The second-order valence-electron chi connectivity index (χ2n) is 12.6. The molecule has 0 unspecified atom stereocenters. The van der Waals surface area contributed by atoms with Crippen molar-refractivity contribution in [3.63, 3.8) is 0 Å². The van der Waals surface area contributed by atoms with Gasteiger partial charge in [-0.3, -0.25) is 13.9 Å². The Morgan fingerprint density at radius 1 is 0.733 bits per heavy atom. The first-order valence-electron chi connectivity index (χ1n) is 15.1. The van der Waals surface area contributed by atoms with E-state index < -0.39 is 34.1 Å². The van der Waals surface area contributed by atoms with Gasteiger partial charge in [-0.2, -0.15) is 0 Å². The van der Waals surface area contributed by atoms with Crippen LogP contribution >= 0.6 is 0 Å². The molecule has 45 heavy (non-hydrogen) atoms. The van der Waals surface area contributed by atoms with Crippen LogP contribution in [0.15, 0.2) is 108 Å². The highest BCUT2D eigenvalue weighted by Gasteiger charge is 2.35. The molecule has 0 heterocycles. The van der Waals surface area contributed by atoms with Gasteiger partial charge in [0.25, 0.3) is 10.0 Å². The molecule has 1 N–H and O–H groups in total. The minimum Gasteiger partial charge on any atom is -0.350 e. The van der Waals surface area contributed by atoms with E-state index in [-0.39, 0.29) is 23.8 Å². The van der Waals surface area contributed by atoms with Crippen molar-refractivity contribution in [1.82, 2.24) is 10.2 Å². The van der Waals surface area contributed by atoms with E-state index in [9.17, 15) is 18.0 Å². The lowest BCUT2D eigenvalue weighted by Gasteiger charge is -2.35. The second kappa shape index (κ2) is 14.1. The highest BCUT2D eigenvalue weighted by atomic mass is 32.2. The fourth-order valence-electron chi connectivity index (χ4n) is 5.05. The molecule has 8 heteroatoms. The average Bonchev–Trinajstić information content (AvgIpc) is 2.98.